The molecule has 33 heavy (non-hydrogen) atoms. The third kappa shape index (κ3) is 8.58. The number of pyridine rings is 1. The number of anilines is 1. The van der Waals surface area contributed by atoms with Crippen molar-refractivity contribution in [1.29, 1.82) is 0 Å². The Bertz CT molecular complexity index is 930. The number of nitrogens with zero attached hydrogens (tertiary/aromatic N) is 1. The van der Waals surface area contributed by atoms with Crippen LogP contribution in [0.1, 0.15) is 56.2 Å². The van der Waals surface area contributed by atoms with E-state index in [4.69, 9.17) is 9.72 Å². The van der Waals surface area contributed by atoms with Gasteiger partial charge in [0.25, 0.3) is 0 Å². The Morgan fingerprint density at radius 1 is 1.33 bits per heavy atom. The Morgan fingerprint density at radius 2 is 2.12 bits per heavy atom. The number of carboxylic acid groups (broad SMARTS) is 1. The normalized spacial score (nSPS) is 20.8. The Kier molecular flexibility index (Phi) is 9.08. The van der Waals surface area contributed by atoms with Crippen LogP contribution in [0.25, 0.3) is 0 Å². The number of hydrogen-bond donors (Lipinski definition) is 3. The number of hydrogen-bond acceptors (Lipinski definition) is 7. The highest BCUT2D eigenvalue weighted by Gasteiger charge is 2.30. The lowest BCUT2D eigenvalue weighted by atomic mass is 9.79. The molecule has 0 unspecified atom stereocenters. The van der Waals surface area contributed by atoms with Crippen molar-refractivity contribution < 1.29 is 27.9 Å². The molecular weight excluding hydrogens is 446 g/mol. The topological polar surface area (TPSA) is 135 Å². The molecular formula is C23H35N3O6S. The Labute approximate surface area is 195 Å². The predicted molar refractivity (Wildman–Crippen MR) is 125 cm³/mol. The molecule has 184 valence electrons. The number of aromatic nitrogens is 1. The molecule has 1 atom stereocenters. The minimum Gasteiger partial charge on any atom is -0.480 e. The average molecular weight is 482 g/mol. The third-order valence-electron chi connectivity index (χ3n) is 6.27. The third-order valence-corrected chi connectivity index (χ3v) is 7.30. The zero-order chi connectivity index (χ0) is 23.8. The lowest BCUT2D eigenvalue weighted by Crippen LogP contribution is -2.42. The highest BCUT2D eigenvalue weighted by molar-refractivity contribution is 7.90. The van der Waals surface area contributed by atoms with E-state index in [1.165, 1.54) is 5.56 Å². The first kappa shape index (κ1) is 25.4. The second kappa shape index (κ2) is 11.8. The largest absolute Gasteiger partial charge is 0.480 e. The number of carbonyl (C=O) groups is 2. The van der Waals surface area contributed by atoms with Crippen LogP contribution < -0.4 is 10.6 Å². The molecule has 2 aliphatic rings. The fourth-order valence-corrected chi connectivity index (χ4v) is 4.95. The summed E-state index contributed by atoms with van der Waals surface area (Å²) in [5, 5.41) is 15.2. The summed E-state index contributed by atoms with van der Waals surface area (Å²) in [5.74, 6) is -0.0484. The molecule has 1 amide bonds. The van der Waals surface area contributed by atoms with Gasteiger partial charge in [0.1, 0.15) is 21.7 Å². The first-order valence-electron chi connectivity index (χ1n) is 11.7. The van der Waals surface area contributed by atoms with Gasteiger partial charge < -0.3 is 20.5 Å². The van der Waals surface area contributed by atoms with E-state index in [1.54, 1.807) is 0 Å². The van der Waals surface area contributed by atoms with E-state index in [-0.39, 0.29) is 37.7 Å². The highest BCUT2D eigenvalue weighted by Crippen LogP contribution is 2.34. The van der Waals surface area contributed by atoms with Gasteiger partial charge in [0.05, 0.1) is 11.9 Å². The van der Waals surface area contributed by atoms with Crippen LogP contribution in [0.2, 0.25) is 0 Å². The van der Waals surface area contributed by atoms with Crippen LogP contribution in [-0.2, 0) is 37.0 Å². The summed E-state index contributed by atoms with van der Waals surface area (Å²) >= 11 is 0. The van der Waals surface area contributed by atoms with Crippen LogP contribution in [-0.4, -0.2) is 67.7 Å². The molecule has 0 spiro atoms. The zero-order valence-electron chi connectivity index (χ0n) is 19.2. The van der Waals surface area contributed by atoms with Crippen LogP contribution in [0.3, 0.4) is 0 Å². The monoisotopic (exact) mass is 481 g/mol. The number of carboxylic acids is 1. The molecule has 0 bridgehead atoms. The van der Waals surface area contributed by atoms with Gasteiger partial charge in [0, 0.05) is 37.9 Å². The number of nitrogens with one attached hydrogen (secondary N) is 2. The predicted octanol–water partition coefficient (Wildman–Crippen LogP) is 1.95. The Balaban J connectivity index is 1.29. The summed E-state index contributed by atoms with van der Waals surface area (Å²) in [7, 11) is -3.14. The molecule has 1 fully saturated rings. The van der Waals surface area contributed by atoms with Gasteiger partial charge in [-0.1, -0.05) is 6.07 Å². The lowest BCUT2D eigenvalue weighted by molar-refractivity contribution is -0.142. The number of aryl methyl sites for hydroxylation is 2. The molecule has 1 aliphatic heterocycles. The van der Waals surface area contributed by atoms with Crippen molar-refractivity contribution in [3.05, 3.63) is 23.4 Å². The Morgan fingerprint density at radius 3 is 2.85 bits per heavy atom. The SMILES string of the molecule is CS(=O)(=O)CCCC(=O)N[C@@H](CCOC1CC(CCc2ccc3c(n2)NCCC3)C1)C(=O)O. The first-order chi connectivity index (χ1) is 15.7. The van der Waals surface area contributed by atoms with Crippen LogP contribution >= 0.6 is 0 Å². The van der Waals surface area contributed by atoms with Crippen molar-refractivity contribution in [3.63, 3.8) is 0 Å². The summed E-state index contributed by atoms with van der Waals surface area (Å²) in [4.78, 5) is 28.1. The fraction of sp³-hybridized carbons (Fsp3) is 0.696. The van der Waals surface area contributed by atoms with E-state index in [0.717, 1.165) is 62.8 Å². The fourth-order valence-electron chi connectivity index (χ4n) is 4.28. The van der Waals surface area contributed by atoms with Gasteiger partial charge >= 0.3 is 5.97 Å². The number of aliphatic carboxylic acids is 1. The maximum absolute atomic E-state index is 11.9. The second-order valence-corrected chi connectivity index (χ2v) is 11.4. The van der Waals surface area contributed by atoms with Crippen molar-refractivity contribution in [3.8, 4) is 0 Å². The van der Waals surface area contributed by atoms with E-state index < -0.39 is 27.8 Å². The molecule has 3 rings (SSSR count). The molecule has 1 aromatic rings. The van der Waals surface area contributed by atoms with Crippen LogP contribution in [0.5, 0.6) is 0 Å². The number of fused-ring (bicyclic) bond motifs is 1. The Hall–Kier alpha value is -2.20. The van der Waals surface area contributed by atoms with Crippen molar-refractivity contribution in [2.24, 2.45) is 5.92 Å². The van der Waals surface area contributed by atoms with Crippen molar-refractivity contribution in [1.82, 2.24) is 10.3 Å². The number of sulfone groups is 1. The van der Waals surface area contributed by atoms with Gasteiger partial charge in [0.15, 0.2) is 0 Å². The van der Waals surface area contributed by atoms with Gasteiger partial charge in [-0.15, -0.1) is 0 Å². The minimum absolute atomic E-state index is 0.0167. The molecule has 0 saturated heterocycles. The second-order valence-electron chi connectivity index (χ2n) is 9.19. The minimum atomic E-state index is -3.14. The molecule has 0 radical (unpaired) electrons. The highest BCUT2D eigenvalue weighted by atomic mass is 32.2. The van der Waals surface area contributed by atoms with Crippen molar-refractivity contribution in [2.75, 3.05) is 30.5 Å². The first-order valence-corrected chi connectivity index (χ1v) is 13.8. The summed E-state index contributed by atoms with van der Waals surface area (Å²) < 4.78 is 28.0. The van der Waals surface area contributed by atoms with E-state index in [1.807, 2.05) is 0 Å². The molecule has 1 aromatic heterocycles. The van der Waals surface area contributed by atoms with Gasteiger partial charge in [-0.2, -0.15) is 0 Å². The number of amides is 1. The van der Waals surface area contributed by atoms with Crippen LogP contribution in [0.15, 0.2) is 12.1 Å². The molecule has 1 saturated carbocycles. The molecule has 1 aliphatic carbocycles. The van der Waals surface area contributed by atoms with Gasteiger partial charge in [-0.05, 0) is 62.5 Å². The maximum Gasteiger partial charge on any atom is 0.326 e. The van der Waals surface area contributed by atoms with Crippen LogP contribution in [0.4, 0.5) is 5.82 Å². The smallest absolute Gasteiger partial charge is 0.326 e. The molecule has 10 heteroatoms. The molecule has 3 N–H and O–H groups in total. The molecule has 0 aromatic carbocycles. The van der Waals surface area contributed by atoms with E-state index in [0.29, 0.717) is 5.92 Å². The summed E-state index contributed by atoms with van der Waals surface area (Å²) in [6.07, 6.45) is 7.74. The van der Waals surface area contributed by atoms with E-state index in [2.05, 4.69) is 22.8 Å². The van der Waals surface area contributed by atoms with Crippen LogP contribution in [0, 0.1) is 5.92 Å². The number of carbonyl (C=O) groups excluding carboxylic acids is 1. The number of ether oxygens (including phenoxy) is 1. The lowest BCUT2D eigenvalue weighted by Gasteiger charge is -2.35. The number of rotatable bonds is 13. The average Bonchev–Trinajstić information content (AvgIpc) is 2.72. The quantitative estimate of drug-likeness (QED) is 0.389. The van der Waals surface area contributed by atoms with Crippen molar-refractivity contribution in [2.45, 2.75) is 69.9 Å². The van der Waals surface area contributed by atoms with E-state index in [9.17, 15) is 23.1 Å². The zero-order valence-corrected chi connectivity index (χ0v) is 20.0. The van der Waals surface area contributed by atoms with E-state index >= 15 is 0 Å². The van der Waals surface area contributed by atoms with Gasteiger partial charge in [-0.3, -0.25) is 4.79 Å². The van der Waals surface area contributed by atoms with Crippen molar-refractivity contribution >= 4 is 27.5 Å². The summed E-state index contributed by atoms with van der Waals surface area (Å²) in [6, 6.07) is 3.27. The van der Waals surface area contributed by atoms with Gasteiger partial charge in [0.2, 0.25) is 5.91 Å². The summed E-state index contributed by atoms with van der Waals surface area (Å²) in [6.45, 7) is 1.25. The maximum atomic E-state index is 11.9. The molecule has 2 heterocycles. The van der Waals surface area contributed by atoms with Gasteiger partial charge in [-0.25, -0.2) is 18.2 Å². The summed E-state index contributed by atoms with van der Waals surface area (Å²) in [5.41, 5.74) is 2.41. The molecule has 9 nitrogen and oxygen atoms in total. The standard InChI is InChI=1S/C23H35N3O6S/c1-33(30,31)13-3-5-21(27)26-20(23(28)29)10-12-32-19-14-16(15-19)6-8-18-9-7-17-4-2-11-24-22(17)25-18/h7,9,16,19-20H,2-6,8,10-15H2,1H3,(H,24,25)(H,26,27)(H,28,29)/t16?,19?,20-/m0/s1.